The predicted molar refractivity (Wildman–Crippen MR) is 97.6 cm³/mol. The molecule has 3 rings (SSSR count). The topological polar surface area (TPSA) is 112 Å². The summed E-state index contributed by atoms with van der Waals surface area (Å²) in [6.07, 6.45) is 0. The molecule has 1 aromatic heterocycles. The highest BCUT2D eigenvalue weighted by Crippen LogP contribution is 2.27. The van der Waals surface area contributed by atoms with Gasteiger partial charge in [0, 0.05) is 12.6 Å². The van der Waals surface area contributed by atoms with Gasteiger partial charge >= 0.3 is 6.03 Å². The van der Waals surface area contributed by atoms with Crippen LogP contribution in [-0.4, -0.2) is 58.7 Å². The maximum atomic E-state index is 12.3. The Morgan fingerprint density at radius 3 is 2.52 bits per heavy atom. The van der Waals surface area contributed by atoms with E-state index in [1.807, 2.05) is 30.3 Å². The zero-order valence-corrected chi connectivity index (χ0v) is 15.5. The Bertz CT molecular complexity index is 911. The number of hydrogen-bond acceptors (Lipinski definition) is 6. The van der Waals surface area contributed by atoms with E-state index in [4.69, 9.17) is 0 Å². The SMILES string of the molecule is Cc1nc(-c2ccccc2)sc1C(=O)NNC(=O)CN1C(=O)CN(C)C1=O. The lowest BCUT2D eigenvalue weighted by Gasteiger charge is -2.14. The first-order valence-electron chi connectivity index (χ1n) is 8.04. The van der Waals surface area contributed by atoms with Crippen LogP contribution in [0.4, 0.5) is 4.79 Å². The van der Waals surface area contributed by atoms with Crippen molar-refractivity contribution in [1.29, 1.82) is 0 Å². The van der Waals surface area contributed by atoms with E-state index in [1.54, 1.807) is 6.92 Å². The lowest BCUT2D eigenvalue weighted by Crippen LogP contribution is -2.47. The monoisotopic (exact) mass is 387 g/mol. The molecule has 2 N–H and O–H groups in total. The minimum atomic E-state index is -0.675. The second-order valence-electron chi connectivity index (χ2n) is 5.92. The smallest absolute Gasteiger partial charge is 0.318 e. The number of carbonyl (C=O) groups is 4. The van der Waals surface area contributed by atoms with Gasteiger partial charge in [0.1, 0.15) is 23.0 Å². The Morgan fingerprint density at radius 2 is 1.89 bits per heavy atom. The van der Waals surface area contributed by atoms with Crippen LogP contribution in [0.1, 0.15) is 15.4 Å². The van der Waals surface area contributed by atoms with Gasteiger partial charge in [0.05, 0.1) is 5.69 Å². The lowest BCUT2D eigenvalue weighted by atomic mass is 10.2. The molecule has 2 heterocycles. The second-order valence-corrected chi connectivity index (χ2v) is 6.92. The van der Waals surface area contributed by atoms with E-state index < -0.39 is 30.3 Å². The molecule has 0 radical (unpaired) electrons. The Kier molecular flexibility index (Phi) is 5.17. The third-order valence-electron chi connectivity index (χ3n) is 3.87. The fourth-order valence-corrected chi connectivity index (χ4v) is 3.47. The first kappa shape index (κ1) is 18.5. The number of imide groups is 1. The fraction of sp³-hybridized carbons (Fsp3) is 0.235. The number of urea groups is 1. The highest BCUT2D eigenvalue weighted by molar-refractivity contribution is 7.17. The van der Waals surface area contributed by atoms with Crippen LogP contribution in [-0.2, 0) is 9.59 Å². The highest BCUT2D eigenvalue weighted by atomic mass is 32.1. The molecule has 1 aliphatic heterocycles. The van der Waals surface area contributed by atoms with Gasteiger partial charge in [-0.1, -0.05) is 30.3 Å². The van der Waals surface area contributed by atoms with Crippen LogP contribution >= 0.6 is 11.3 Å². The maximum Gasteiger partial charge on any atom is 0.327 e. The molecule has 0 unspecified atom stereocenters. The molecular formula is C17H17N5O4S. The molecule has 9 nitrogen and oxygen atoms in total. The average Bonchev–Trinajstić information content (AvgIpc) is 3.15. The van der Waals surface area contributed by atoms with Gasteiger partial charge < -0.3 is 4.90 Å². The van der Waals surface area contributed by atoms with Crippen LogP contribution in [0.15, 0.2) is 30.3 Å². The average molecular weight is 387 g/mol. The number of aryl methyl sites for hydroxylation is 1. The maximum absolute atomic E-state index is 12.3. The van der Waals surface area contributed by atoms with E-state index in [9.17, 15) is 19.2 Å². The highest BCUT2D eigenvalue weighted by Gasteiger charge is 2.34. The molecule has 0 spiro atoms. The van der Waals surface area contributed by atoms with E-state index in [-0.39, 0.29) is 6.54 Å². The lowest BCUT2D eigenvalue weighted by molar-refractivity contribution is -0.131. The predicted octanol–water partition coefficient (Wildman–Crippen LogP) is 0.774. The van der Waals surface area contributed by atoms with Gasteiger partial charge in [-0.3, -0.25) is 30.1 Å². The number of nitrogens with one attached hydrogen (secondary N) is 2. The van der Waals surface area contributed by atoms with Crippen molar-refractivity contribution >= 4 is 35.1 Å². The van der Waals surface area contributed by atoms with Gasteiger partial charge in [0.15, 0.2) is 0 Å². The van der Waals surface area contributed by atoms with Crippen molar-refractivity contribution in [3.05, 3.63) is 40.9 Å². The molecule has 27 heavy (non-hydrogen) atoms. The van der Waals surface area contributed by atoms with Gasteiger partial charge in [-0.25, -0.2) is 9.78 Å². The quantitative estimate of drug-likeness (QED) is 0.595. The number of likely N-dealkylation sites (N-methyl/N-ethyl adjacent to an activating group) is 1. The number of amides is 5. The number of hydrogen-bond donors (Lipinski definition) is 2. The summed E-state index contributed by atoms with van der Waals surface area (Å²) in [5.41, 5.74) is 5.94. The number of hydrazine groups is 1. The van der Waals surface area contributed by atoms with Crippen LogP contribution in [0, 0.1) is 6.92 Å². The first-order valence-corrected chi connectivity index (χ1v) is 8.86. The molecule has 1 fully saturated rings. The van der Waals surface area contributed by atoms with Crippen molar-refractivity contribution in [3.8, 4) is 10.6 Å². The van der Waals surface area contributed by atoms with E-state index >= 15 is 0 Å². The first-order chi connectivity index (χ1) is 12.9. The molecule has 140 valence electrons. The van der Waals surface area contributed by atoms with Crippen LogP contribution < -0.4 is 10.9 Å². The molecular weight excluding hydrogens is 370 g/mol. The minimum Gasteiger partial charge on any atom is -0.318 e. The summed E-state index contributed by atoms with van der Waals surface area (Å²) in [5.74, 6) is -1.66. The van der Waals surface area contributed by atoms with Gasteiger partial charge in [-0.2, -0.15) is 0 Å². The van der Waals surface area contributed by atoms with E-state index in [2.05, 4.69) is 15.8 Å². The molecule has 5 amide bonds. The summed E-state index contributed by atoms with van der Waals surface area (Å²) in [7, 11) is 1.47. The van der Waals surface area contributed by atoms with E-state index in [0.29, 0.717) is 15.6 Å². The van der Waals surface area contributed by atoms with Crippen molar-refractivity contribution in [2.24, 2.45) is 0 Å². The third-order valence-corrected chi connectivity index (χ3v) is 5.08. The summed E-state index contributed by atoms with van der Waals surface area (Å²) in [6, 6.07) is 8.88. The molecule has 0 atom stereocenters. The van der Waals surface area contributed by atoms with Gasteiger partial charge in [0.2, 0.25) is 0 Å². The summed E-state index contributed by atoms with van der Waals surface area (Å²) in [5, 5.41) is 0.695. The Labute approximate surface area is 158 Å². The van der Waals surface area contributed by atoms with Crippen LogP contribution in [0.5, 0.6) is 0 Å². The molecule has 1 aliphatic rings. The standard InChI is InChI=1S/C17H17N5O4S/c1-10-14(27-16(18-10)11-6-4-3-5-7-11)15(25)20-19-12(23)8-22-13(24)9-21(2)17(22)26/h3-7H,8-9H2,1-2H3,(H,19,23)(H,20,25). The minimum absolute atomic E-state index is 0.0687. The number of thiazole rings is 1. The number of nitrogens with zero attached hydrogens (tertiary/aromatic N) is 3. The number of aromatic nitrogens is 1. The van der Waals surface area contributed by atoms with Crippen molar-refractivity contribution in [3.63, 3.8) is 0 Å². The Balaban J connectivity index is 1.60. The molecule has 1 aromatic carbocycles. The van der Waals surface area contributed by atoms with Crippen molar-refractivity contribution in [1.82, 2.24) is 25.6 Å². The zero-order valence-electron chi connectivity index (χ0n) is 14.7. The third kappa shape index (κ3) is 3.95. The zero-order chi connectivity index (χ0) is 19.6. The summed E-state index contributed by atoms with van der Waals surface area (Å²) in [4.78, 5) is 54.5. The van der Waals surface area contributed by atoms with Crippen LogP contribution in [0.2, 0.25) is 0 Å². The number of carbonyl (C=O) groups excluding carboxylic acids is 4. The molecule has 0 aliphatic carbocycles. The largest absolute Gasteiger partial charge is 0.327 e. The molecule has 2 aromatic rings. The van der Waals surface area contributed by atoms with E-state index in [1.165, 1.54) is 23.3 Å². The number of rotatable bonds is 4. The van der Waals surface area contributed by atoms with Gasteiger partial charge in [-0.05, 0) is 6.92 Å². The Morgan fingerprint density at radius 1 is 1.19 bits per heavy atom. The van der Waals surface area contributed by atoms with Crippen molar-refractivity contribution in [2.75, 3.05) is 20.1 Å². The second kappa shape index (κ2) is 7.54. The molecule has 1 saturated heterocycles. The molecule has 0 saturated carbocycles. The fourth-order valence-electron chi connectivity index (χ4n) is 2.50. The van der Waals surface area contributed by atoms with Crippen molar-refractivity contribution in [2.45, 2.75) is 6.92 Å². The summed E-state index contributed by atoms with van der Waals surface area (Å²) >= 11 is 1.21. The normalized spacial score (nSPS) is 13.9. The molecule has 0 bridgehead atoms. The van der Waals surface area contributed by atoms with E-state index in [0.717, 1.165) is 10.5 Å². The van der Waals surface area contributed by atoms with Crippen LogP contribution in [0.3, 0.4) is 0 Å². The van der Waals surface area contributed by atoms with Crippen molar-refractivity contribution < 1.29 is 19.2 Å². The Hall–Kier alpha value is -3.27. The molecule has 10 heteroatoms. The summed E-state index contributed by atoms with van der Waals surface area (Å²) < 4.78 is 0. The summed E-state index contributed by atoms with van der Waals surface area (Å²) in [6.45, 7) is 1.18. The van der Waals surface area contributed by atoms with Gasteiger partial charge in [0.25, 0.3) is 17.7 Å². The van der Waals surface area contributed by atoms with Crippen LogP contribution in [0.25, 0.3) is 10.6 Å². The number of benzene rings is 1. The van der Waals surface area contributed by atoms with Gasteiger partial charge in [-0.15, -0.1) is 11.3 Å².